The molecule has 6 heteroatoms. The van der Waals surface area contributed by atoms with Gasteiger partial charge >= 0.3 is 0 Å². The van der Waals surface area contributed by atoms with Gasteiger partial charge < -0.3 is 29.2 Å². The second-order valence-electron chi connectivity index (χ2n) is 21.8. The highest BCUT2D eigenvalue weighted by atomic mass is 16.6. The van der Waals surface area contributed by atoms with Crippen LogP contribution in [0.15, 0.2) is 182 Å². The van der Waals surface area contributed by atoms with E-state index in [0.717, 1.165) is 71.9 Å². The Labute approximate surface area is 472 Å². The molecule has 422 valence electrons. The molecule has 6 nitrogen and oxygen atoms in total. The van der Waals surface area contributed by atoms with Gasteiger partial charge in [0.2, 0.25) is 0 Å². The first-order valence-corrected chi connectivity index (χ1v) is 30.7. The van der Waals surface area contributed by atoms with Crippen molar-refractivity contribution >= 4 is 0 Å². The Kier molecular flexibility index (Phi) is 29.6. The number of benzene rings is 6. The van der Waals surface area contributed by atoms with E-state index in [0.29, 0.717) is 13.2 Å². The normalized spacial score (nSPS) is 13.5. The van der Waals surface area contributed by atoms with Gasteiger partial charge in [0.15, 0.2) is 0 Å². The van der Waals surface area contributed by atoms with Crippen LogP contribution in [0.3, 0.4) is 0 Å². The zero-order valence-electron chi connectivity index (χ0n) is 48.0. The molecule has 0 aliphatic rings. The van der Waals surface area contributed by atoms with Crippen LogP contribution in [0.25, 0.3) is 0 Å². The first kappa shape index (κ1) is 62.3. The van der Waals surface area contributed by atoms with Crippen LogP contribution >= 0.6 is 0 Å². The van der Waals surface area contributed by atoms with Gasteiger partial charge in [-0.1, -0.05) is 337 Å². The van der Waals surface area contributed by atoms with Crippen LogP contribution in [-0.4, -0.2) is 61.1 Å². The summed E-state index contributed by atoms with van der Waals surface area (Å²) in [4.78, 5) is 0. The molecule has 78 heavy (non-hydrogen) atoms. The molecule has 6 rings (SSSR count). The Morgan fingerprint density at radius 1 is 0.282 bits per heavy atom. The molecule has 0 saturated heterocycles. The van der Waals surface area contributed by atoms with E-state index >= 15 is 0 Å². The Hall–Kier alpha value is -4.92. The molecular formula is C72H98O6. The minimum atomic E-state index is -1.39. The van der Waals surface area contributed by atoms with Crippen molar-refractivity contribution in [2.45, 2.75) is 204 Å². The summed E-state index contributed by atoms with van der Waals surface area (Å²) in [6.07, 6.45) is 25.0. The van der Waals surface area contributed by atoms with E-state index in [1.54, 1.807) is 0 Å². The topological polar surface area (TPSA) is 77.4 Å². The van der Waals surface area contributed by atoms with Gasteiger partial charge in [-0.25, -0.2) is 0 Å². The average Bonchev–Trinajstić information content (AvgIpc) is 3.55. The molecule has 0 aromatic heterocycles. The number of hydrogen-bond donors (Lipinski definition) is 2. The molecule has 0 heterocycles. The van der Waals surface area contributed by atoms with Gasteiger partial charge in [0.25, 0.3) is 0 Å². The number of rotatable bonds is 43. The maximum Gasteiger partial charge on any atom is 0.143 e. The van der Waals surface area contributed by atoms with Crippen molar-refractivity contribution in [1.29, 1.82) is 0 Å². The third-order valence-corrected chi connectivity index (χ3v) is 15.8. The Balaban J connectivity index is 1.25. The Bertz CT molecular complexity index is 1990. The first-order chi connectivity index (χ1) is 38.5. The predicted octanol–water partition coefficient (Wildman–Crippen LogP) is 17.9. The second kappa shape index (κ2) is 37.1. The van der Waals surface area contributed by atoms with Crippen LogP contribution in [0.4, 0.5) is 0 Å². The summed E-state index contributed by atoms with van der Waals surface area (Å²) >= 11 is 0. The fourth-order valence-electron chi connectivity index (χ4n) is 11.2. The van der Waals surface area contributed by atoms with E-state index in [2.05, 4.69) is 86.6 Å². The van der Waals surface area contributed by atoms with Crippen LogP contribution < -0.4 is 0 Å². The lowest BCUT2D eigenvalue weighted by molar-refractivity contribution is -0.177. The van der Waals surface area contributed by atoms with E-state index in [-0.39, 0.29) is 13.2 Å². The van der Waals surface area contributed by atoms with Crippen molar-refractivity contribution in [3.63, 3.8) is 0 Å². The van der Waals surface area contributed by atoms with Gasteiger partial charge in [-0.15, -0.1) is 0 Å². The zero-order chi connectivity index (χ0) is 54.6. The van der Waals surface area contributed by atoms with Crippen molar-refractivity contribution < 1.29 is 29.2 Å². The molecule has 6 aromatic rings. The van der Waals surface area contributed by atoms with Crippen molar-refractivity contribution in [1.82, 2.24) is 0 Å². The van der Waals surface area contributed by atoms with Gasteiger partial charge in [0.05, 0.1) is 13.2 Å². The molecule has 0 spiro atoms. The first-order valence-electron chi connectivity index (χ1n) is 30.7. The van der Waals surface area contributed by atoms with E-state index in [1.165, 1.54) is 116 Å². The molecule has 0 unspecified atom stereocenters. The van der Waals surface area contributed by atoms with E-state index in [4.69, 9.17) is 18.9 Å². The lowest BCUT2D eigenvalue weighted by atomic mass is 9.80. The molecule has 6 aromatic carbocycles. The SMILES string of the molecule is CCCCCCCCCCCCCCO[C@H](COC(c1ccccc1)(c1ccccc1)c1ccccc1)[C@@H](O)[C@H](O)[C@@H](COC(c1ccccc1)(c1ccccc1)c1ccccc1)OCCCCCCCCCCCCCC. The molecule has 0 saturated carbocycles. The predicted molar refractivity (Wildman–Crippen MR) is 324 cm³/mol. The van der Waals surface area contributed by atoms with E-state index in [1.807, 2.05) is 109 Å². The standard InChI is InChI=1S/C72H98O6/c1-3-5-7-9-11-13-15-17-19-21-23-43-57-75-67(59-77-71(61-45-31-25-32-46-61,62-47-33-26-34-48-62)63-49-35-27-36-50-63)69(73)70(74)68(76-58-44-24-22-20-18-16-14-12-10-8-6-4-2)60-78-72(64-51-37-28-38-52-64,65-53-39-29-40-54-65)66-55-41-30-42-56-66/h25-42,45-56,67-70,73-74H,3-24,43-44,57-60H2,1-2H3/t67-,68-,69-,70-/m1/s1. The highest BCUT2D eigenvalue weighted by molar-refractivity contribution is 5.49. The van der Waals surface area contributed by atoms with Gasteiger partial charge in [-0.2, -0.15) is 0 Å². The van der Waals surface area contributed by atoms with Gasteiger partial charge in [0.1, 0.15) is 35.6 Å². The lowest BCUT2D eigenvalue weighted by Gasteiger charge is -2.40. The highest BCUT2D eigenvalue weighted by Crippen LogP contribution is 2.43. The van der Waals surface area contributed by atoms with Gasteiger partial charge in [-0.3, -0.25) is 0 Å². The fourth-order valence-corrected chi connectivity index (χ4v) is 11.2. The summed E-state index contributed by atoms with van der Waals surface area (Å²) < 4.78 is 28.4. The van der Waals surface area contributed by atoms with Crippen molar-refractivity contribution in [3.8, 4) is 0 Å². The summed E-state index contributed by atoms with van der Waals surface area (Å²) in [5.41, 5.74) is 3.60. The van der Waals surface area contributed by atoms with Crippen molar-refractivity contribution in [2.24, 2.45) is 0 Å². The van der Waals surface area contributed by atoms with Crippen LogP contribution in [0.5, 0.6) is 0 Å². The summed E-state index contributed by atoms with van der Waals surface area (Å²) in [5.74, 6) is 0. The molecule has 0 fully saturated rings. The monoisotopic (exact) mass is 1060 g/mol. The van der Waals surface area contributed by atoms with Crippen LogP contribution in [-0.2, 0) is 30.1 Å². The number of unbranched alkanes of at least 4 members (excludes halogenated alkanes) is 22. The molecule has 4 atom stereocenters. The Morgan fingerprint density at radius 3 is 0.679 bits per heavy atom. The molecule has 0 bridgehead atoms. The molecule has 0 aliphatic heterocycles. The number of hydrogen-bond acceptors (Lipinski definition) is 6. The largest absolute Gasteiger partial charge is 0.388 e. The van der Waals surface area contributed by atoms with E-state index < -0.39 is 35.6 Å². The third kappa shape index (κ3) is 19.7. The summed E-state index contributed by atoms with van der Waals surface area (Å²) in [7, 11) is 0. The number of aliphatic hydroxyl groups is 2. The summed E-state index contributed by atoms with van der Waals surface area (Å²) in [6.45, 7) is 5.37. The maximum atomic E-state index is 12.8. The van der Waals surface area contributed by atoms with Crippen LogP contribution in [0.2, 0.25) is 0 Å². The third-order valence-electron chi connectivity index (χ3n) is 15.8. The van der Waals surface area contributed by atoms with Crippen LogP contribution in [0.1, 0.15) is 201 Å². The zero-order valence-corrected chi connectivity index (χ0v) is 48.0. The maximum absolute atomic E-state index is 12.8. The van der Waals surface area contributed by atoms with Crippen molar-refractivity contribution in [3.05, 3.63) is 215 Å². The van der Waals surface area contributed by atoms with Crippen molar-refractivity contribution in [2.75, 3.05) is 26.4 Å². The average molecular weight is 1060 g/mol. The minimum Gasteiger partial charge on any atom is -0.388 e. The molecule has 2 N–H and O–H groups in total. The highest BCUT2D eigenvalue weighted by Gasteiger charge is 2.43. The van der Waals surface area contributed by atoms with E-state index in [9.17, 15) is 10.2 Å². The number of aliphatic hydroxyl groups excluding tert-OH is 2. The summed E-state index contributed by atoms with van der Waals surface area (Å²) in [5, 5.41) is 25.7. The fraction of sp³-hybridized carbons (Fsp3) is 0.500. The minimum absolute atomic E-state index is 0.0105. The van der Waals surface area contributed by atoms with Crippen LogP contribution in [0, 0.1) is 0 Å². The quantitative estimate of drug-likeness (QED) is 0.0293. The molecule has 0 aliphatic carbocycles. The molecule has 0 amide bonds. The Morgan fingerprint density at radius 2 is 0.474 bits per heavy atom. The lowest BCUT2D eigenvalue weighted by Crippen LogP contribution is -2.51. The number of ether oxygens (including phenoxy) is 4. The smallest absolute Gasteiger partial charge is 0.143 e. The summed E-state index contributed by atoms with van der Waals surface area (Å²) in [6, 6.07) is 61.8. The van der Waals surface area contributed by atoms with Gasteiger partial charge in [0, 0.05) is 13.2 Å². The molecule has 0 radical (unpaired) electrons. The second-order valence-corrected chi connectivity index (χ2v) is 21.8. The molecular weight excluding hydrogens is 961 g/mol. The van der Waals surface area contributed by atoms with Gasteiger partial charge in [-0.05, 0) is 46.2 Å².